The molecule has 50 heavy (non-hydrogen) atoms. The number of carbonyl (C=O) groups is 4. The van der Waals surface area contributed by atoms with E-state index in [0.29, 0.717) is 65.7 Å². The Balaban J connectivity index is 1.32. The minimum Gasteiger partial charge on any atom is -0.493 e. The zero-order chi connectivity index (χ0) is 35.6. The highest BCUT2D eigenvalue weighted by Gasteiger charge is 2.28. The number of hydrogen-bond donors (Lipinski definition) is 3. The Morgan fingerprint density at radius 3 is 2.50 bits per heavy atom. The highest BCUT2D eigenvalue weighted by molar-refractivity contribution is 8.00. The van der Waals surface area contributed by atoms with E-state index in [9.17, 15) is 24.4 Å². The van der Waals surface area contributed by atoms with Crippen LogP contribution >= 0.6 is 23.1 Å². The molecular weight excluding hydrogens is 671 g/mol. The zero-order valence-electron chi connectivity index (χ0n) is 27.9. The number of benzene rings is 3. The monoisotopic (exact) mass is 707 g/mol. The third kappa shape index (κ3) is 8.80. The van der Waals surface area contributed by atoms with Crippen LogP contribution in [-0.2, 0) is 27.3 Å². The van der Waals surface area contributed by atoms with Gasteiger partial charge in [0.2, 0.25) is 11.8 Å². The molecular formula is C38H37N5O5S2. The number of nitrogens with zero attached hydrogens (tertiary/aromatic N) is 2. The molecule has 4 aromatic rings. The van der Waals surface area contributed by atoms with Crippen LogP contribution in [0.5, 0.6) is 5.75 Å². The molecule has 10 nitrogen and oxygen atoms in total. The summed E-state index contributed by atoms with van der Waals surface area (Å²) >= 11 is 2.68. The van der Waals surface area contributed by atoms with Gasteiger partial charge in [0.1, 0.15) is 22.5 Å². The quantitative estimate of drug-likeness (QED) is 0.108. The summed E-state index contributed by atoms with van der Waals surface area (Å²) in [4.78, 5) is 55.6. The van der Waals surface area contributed by atoms with Crippen molar-refractivity contribution in [1.29, 1.82) is 5.26 Å². The maximum atomic E-state index is 13.7. The van der Waals surface area contributed by atoms with E-state index < -0.39 is 17.1 Å². The Morgan fingerprint density at radius 2 is 1.78 bits per heavy atom. The van der Waals surface area contributed by atoms with Crippen molar-refractivity contribution in [2.24, 2.45) is 0 Å². The molecule has 0 bridgehead atoms. The number of anilines is 2. The van der Waals surface area contributed by atoms with E-state index in [0.717, 1.165) is 15.3 Å². The van der Waals surface area contributed by atoms with E-state index >= 15 is 0 Å². The van der Waals surface area contributed by atoms with Crippen LogP contribution in [0.1, 0.15) is 59.1 Å². The fourth-order valence-corrected chi connectivity index (χ4v) is 7.62. The van der Waals surface area contributed by atoms with Crippen molar-refractivity contribution in [3.8, 4) is 11.8 Å². The summed E-state index contributed by atoms with van der Waals surface area (Å²) in [5.74, 6) is -0.678. The molecule has 1 aliphatic heterocycles. The molecule has 3 aromatic carbocycles. The van der Waals surface area contributed by atoms with Gasteiger partial charge in [-0.05, 0) is 67.8 Å². The van der Waals surface area contributed by atoms with Gasteiger partial charge in [0.25, 0.3) is 11.8 Å². The van der Waals surface area contributed by atoms with Gasteiger partial charge in [0.05, 0.1) is 24.0 Å². The topological polar surface area (TPSA) is 141 Å². The van der Waals surface area contributed by atoms with Gasteiger partial charge in [0, 0.05) is 40.1 Å². The van der Waals surface area contributed by atoms with Gasteiger partial charge in [-0.1, -0.05) is 49.4 Å². The smallest absolute Gasteiger partial charge is 0.272 e. The van der Waals surface area contributed by atoms with E-state index in [4.69, 9.17) is 4.74 Å². The largest absolute Gasteiger partial charge is 0.493 e. The number of thiophene rings is 1. The number of para-hydroxylation sites is 1. The highest BCUT2D eigenvalue weighted by Crippen LogP contribution is 2.38. The van der Waals surface area contributed by atoms with E-state index in [-0.39, 0.29) is 17.5 Å². The molecule has 0 saturated heterocycles. The maximum absolute atomic E-state index is 13.7. The SMILES string of the molecule is CCOc1ccccc1/C=C(/NC(=O)c1ccccc1)C(=O)Nc1cccc(SC(CC)C(=O)Nc2sc3c(c2C#N)CCN(C(C)=O)C3)c1. The zero-order valence-corrected chi connectivity index (χ0v) is 29.6. The maximum Gasteiger partial charge on any atom is 0.272 e. The molecule has 5 rings (SSSR count). The molecule has 0 saturated carbocycles. The molecule has 0 aliphatic carbocycles. The van der Waals surface area contributed by atoms with Gasteiger partial charge in [-0.15, -0.1) is 23.1 Å². The average Bonchev–Trinajstić information content (AvgIpc) is 3.47. The predicted octanol–water partition coefficient (Wildman–Crippen LogP) is 6.84. The highest BCUT2D eigenvalue weighted by atomic mass is 32.2. The average molecular weight is 708 g/mol. The van der Waals surface area contributed by atoms with E-state index in [1.807, 2.05) is 32.0 Å². The lowest BCUT2D eigenvalue weighted by molar-refractivity contribution is -0.129. The minimum absolute atomic E-state index is 0.0215. The summed E-state index contributed by atoms with van der Waals surface area (Å²) in [6, 6.07) is 25.2. The van der Waals surface area contributed by atoms with Crippen LogP contribution in [0.4, 0.5) is 10.7 Å². The summed E-state index contributed by atoms with van der Waals surface area (Å²) in [5, 5.41) is 18.5. The lowest BCUT2D eigenvalue weighted by atomic mass is 10.0. The minimum atomic E-state index is -0.540. The van der Waals surface area contributed by atoms with E-state index in [1.165, 1.54) is 30.0 Å². The van der Waals surface area contributed by atoms with Crippen LogP contribution in [0.2, 0.25) is 0 Å². The standard InChI is InChI=1S/C38H37N5O5S2/c1-4-33(37(47)42-38-30(22-39)29-18-19-43(24(3)44)23-34(29)50-38)49-28-16-11-15-27(21-28)40-36(46)31(41-35(45)25-12-7-6-8-13-25)20-26-14-9-10-17-32(26)48-5-2/h6-17,20-21,33H,4-5,18-19,23H2,1-3H3,(H,40,46)(H,41,45)(H,42,47)/b31-20+. The first-order valence-corrected chi connectivity index (χ1v) is 17.9. The number of nitriles is 1. The van der Waals surface area contributed by atoms with Gasteiger partial charge < -0.3 is 25.6 Å². The number of nitrogens with one attached hydrogen (secondary N) is 3. The Hall–Kier alpha value is -5.38. The molecule has 0 fully saturated rings. The molecule has 12 heteroatoms. The molecule has 3 N–H and O–H groups in total. The van der Waals surface area contributed by atoms with Crippen molar-refractivity contribution in [2.45, 2.75) is 50.3 Å². The van der Waals surface area contributed by atoms with Crippen molar-refractivity contribution in [3.63, 3.8) is 0 Å². The third-order valence-corrected chi connectivity index (χ3v) is 10.4. The van der Waals surface area contributed by atoms with Crippen molar-refractivity contribution < 1.29 is 23.9 Å². The molecule has 256 valence electrons. The summed E-state index contributed by atoms with van der Waals surface area (Å²) in [5.41, 5.74) is 2.86. The molecule has 4 amide bonds. The first-order chi connectivity index (χ1) is 24.2. The van der Waals surface area contributed by atoms with Crippen molar-refractivity contribution in [2.75, 3.05) is 23.8 Å². The molecule has 1 atom stereocenters. The van der Waals surface area contributed by atoms with Gasteiger partial charge in [-0.2, -0.15) is 5.26 Å². The van der Waals surface area contributed by atoms with Crippen LogP contribution in [-0.4, -0.2) is 46.9 Å². The number of carbonyl (C=O) groups excluding carboxylic acids is 4. The molecule has 1 aliphatic rings. The van der Waals surface area contributed by atoms with E-state index in [1.54, 1.807) is 71.6 Å². The van der Waals surface area contributed by atoms with Crippen molar-refractivity contribution >= 4 is 63.5 Å². The molecule has 1 unspecified atom stereocenters. The summed E-state index contributed by atoms with van der Waals surface area (Å²) in [6.07, 6.45) is 2.66. The molecule has 0 spiro atoms. The van der Waals surface area contributed by atoms with Gasteiger partial charge in [-0.25, -0.2) is 0 Å². The van der Waals surface area contributed by atoms with Gasteiger partial charge in [0.15, 0.2) is 0 Å². The van der Waals surface area contributed by atoms with E-state index in [2.05, 4.69) is 22.0 Å². The number of amides is 4. The van der Waals surface area contributed by atoms with Crippen molar-refractivity contribution in [3.05, 3.63) is 112 Å². The Bertz CT molecular complexity index is 1970. The van der Waals surface area contributed by atoms with Crippen molar-refractivity contribution in [1.82, 2.24) is 10.2 Å². The Kier molecular flexibility index (Phi) is 12.1. The van der Waals surface area contributed by atoms with Crippen LogP contribution in [0.25, 0.3) is 6.08 Å². The predicted molar refractivity (Wildman–Crippen MR) is 197 cm³/mol. The number of thioether (sulfide) groups is 1. The second kappa shape index (κ2) is 16.8. The fourth-order valence-electron chi connectivity index (χ4n) is 5.39. The van der Waals surface area contributed by atoms with Gasteiger partial charge in [-0.3, -0.25) is 19.2 Å². The molecule has 2 heterocycles. The van der Waals surface area contributed by atoms with Crippen LogP contribution < -0.4 is 20.7 Å². The Labute approximate surface area is 299 Å². The van der Waals surface area contributed by atoms with Crippen LogP contribution in [0.3, 0.4) is 0 Å². The van der Waals surface area contributed by atoms with Crippen LogP contribution in [0.15, 0.2) is 89.5 Å². The summed E-state index contributed by atoms with van der Waals surface area (Å²) < 4.78 is 5.74. The fraction of sp³-hybridized carbons (Fsp3) is 0.237. The molecule has 0 radical (unpaired) electrons. The lowest BCUT2D eigenvalue weighted by Gasteiger charge is -2.25. The second-order valence-corrected chi connectivity index (χ2v) is 13.7. The van der Waals surface area contributed by atoms with Gasteiger partial charge >= 0.3 is 0 Å². The lowest BCUT2D eigenvalue weighted by Crippen LogP contribution is -2.33. The second-order valence-electron chi connectivity index (χ2n) is 11.3. The summed E-state index contributed by atoms with van der Waals surface area (Å²) in [6.45, 7) is 6.70. The first-order valence-electron chi connectivity index (χ1n) is 16.2. The Morgan fingerprint density at radius 1 is 1.02 bits per heavy atom. The number of hydrogen-bond acceptors (Lipinski definition) is 8. The first kappa shape index (κ1) is 35.9. The normalized spacial score (nSPS) is 13.0. The molecule has 1 aromatic heterocycles. The number of rotatable bonds is 12. The summed E-state index contributed by atoms with van der Waals surface area (Å²) in [7, 11) is 0. The van der Waals surface area contributed by atoms with Crippen LogP contribution in [0, 0.1) is 11.3 Å². The third-order valence-electron chi connectivity index (χ3n) is 7.93. The number of ether oxygens (including phenoxy) is 1. The number of fused-ring (bicyclic) bond motifs is 1.